The first-order valence-electron chi connectivity index (χ1n) is 7.04. The number of nitrogens with one attached hydrogen (secondary N) is 2. The molecule has 0 bridgehead atoms. The number of hydrogen-bond acceptors (Lipinski definition) is 4. The van der Waals surface area contributed by atoms with Crippen molar-refractivity contribution >= 4 is 28.9 Å². The van der Waals surface area contributed by atoms with Gasteiger partial charge in [0, 0.05) is 17.6 Å². The number of carbonyl (C=O) groups excluding carboxylic acids is 1. The number of anilines is 2. The second kappa shape index (κ2) is 7.80. The Morgan fingerprint density at radius 2 is 1.77 bits per heavy atom. The number of amides is 1. The Labute approximate surface area is 151 Å². The average molecular weight is 382 g/mol. The van der Waals surface area contributed by atoms with Gasteiger partial charge < -0.3 is 15.7 Å². The van der Waals surface area contributed by atoms with Gasteiger partial charge in [-0.05, 0) is 42.5 Å². The summed E-state index contributed by atoms with van der Waals surface area (Å²) in [7, 11) is 0. The summed E-state index contributed by atoms with van der Waals surface area (Å²) in [6.07, 6.45) is -3.57. The van der Waals surface area contributed by atoms with Crippen molar-refractivity contribution in [2.24, 2.45) is 0 Å². The molecule has 5 nitrogen and oxygen atoms in total. The molecule has 0 aliphatic rings. The Bertz CT molecular complexity index is 888. The van der Waals surface area contributed by atoms with Crippen LogP contribution in [0.25, 0.3) is 0 Å². The molecule has 0 aromatic heterocycles. The number of carbonyl (C=O) groups is 1. The van der Waals surface area contributed by atoms with E-state index in [2.05, 4.69) is 10.6 Å². The van der Waals surface area contributed by atoms with Crippen LogP contribution in [0.2, 0.25) is 5.02 Å². The van der Waals surface area contributed by atoms with Gasteiger partial charge in [0.05, 0.1) is 10.6 Å². The molecule has 2 aromatic carbocycles. The van der Waals surface area contributed by atoms with E-state index in [1.54, 1.807) is 6.07 Å². The standard InChI is InChI=1S/C17H11ClF3N3O2/c18-15-6-3-12(7-14(15)17(19,20)21)24-16(26)10(8-22)9-23-11-1-4-13(25)5-2-11/h1-7,9,23,25H,(H,24,26)/b10-9-. The van der Waals surface area contributed by atoms with E-state index in [4.69, 9.17) is 16.9 Å². The summed E-state index contributed by atoms with van der Waals surface area (Å²) < 4.78 is 38.5. The second-order valence-electron chi connectivity index (χ2n) is 5.01. The molecular weight excluding hydrogens is 371 g/mol. The molecule has 0 aliphatic carbocycles. The SMILES string of the molecule is N#C/C(=C/Nc1ccc(O)cc1)C(=O)Nc1ccc(Cl)c(C(F)(F)F)c1. The number of benzene rings is 2. The Hall–Kier alpha value is -3.18. The highest BCUT2D eigenvalue weighted by Gasteiger charge is 2.33. The third-order valence-corrected chi connectivity index (χ3v) is 3.47. The van der Waals surface area contributed by atoms with Crippen molar-refractivity contribution in [3.8, 4) is 11.8 Å². The molecule has 2 rings (SSSR count). The quantitative estimate of drug-likeness (QED) is 0.413. The number of hydrogen-bond donors (Lipinski definition) is 3. The summed E-state index contributed by atoms with van der Waals surface area (Å²) in [6, 6.07) is 10.3. The van der Waals surface area contributed by atoms with Crippen LogP contribution in [0.1, 0.15) is 5.56 Å². The van der Waals surface area contributed by atoms with Crippen molar-refractivity contribution in [3.05, 3.63) is 64.8 Å². The molecule has 26 heavy (non-hydrogen) atoms. The first-order chi connectivity index (χ1) is 12.2. The van der Waals surface area contributed by atoms with Crippen LogP contribution in [0.3, 0.4) is 0 Å². The van der Waals surface area contributed by atoms with E-state index in [-0.39, 0.29) is 17.0 Å². The summed E-state index contributed by atoms with van der Waals surface area (Å²) in [5.41, 5.74) is -1.12. The zero-order chi connectivity index (χ0) is 19.3. The van der Waals surface area contributed by atoms with Gasteiger partial charge >= 0.3 is 6.18 Å². The highest BCUT2D eigenvalue weighted by molar-refractivity contribution is 6.31. The third kappa shape index (κ3) is 4.91. The van der Waals surface area contributed by atoms with Crippen LogP contribution in [0.5, 0.6) is 5.75 Å². The molecule has 9 heteroatoms. The van der Waals surface area contributed by atoms with Crippen molar-refractivity contribution in [1.82, 2.24) is 0 Å². The molecule has 134 valence electrons. The summed E-state index contributed by atoms with van der Waals surface area (Å²) in [5.74, 6) is -0.852. The number of alkyl halides is 3. The largest absolute Gasteiger partial charge is 0.508 e. The summed E-state index contributed by atoms with van der Waals surface area (Å²) in [6.45, 7) is 0. The van der Waals surface area contributed by atoms with E-state index in [0.29, 0.717) is 11.8 Å². The van der Waals surface area contributed by atoms with Crippen molar-refractivity contribution in [2.45, 2.75) is 6.18 Å². The minimum absolute atomic E-state index is 0.0426. The maximum atomic E-state index is 12.8. The number of phenolic OH excluding ortho intramolecular Hbond substituents is 1. The van der Waals surface area contributed by atoms with E-state index in [1.165, 1.54) is 30.3 Å². The molecular formula is C17H11ClF3N3O2. The van der Waals surface area contributed by atoms with E-state index >= 15 is 0 Å². The first kappa shape index (κ1) is 19.1. The van der Waals surface area contributed by atoms with E-state index in [0.717, 1.165) is 12.3 Å². The molecule has 0 unspecified atom stereocenters. The summed E-state index contributed by atoms with van der Waals surface area (Å²) in [4.78, 5) is 12.1. The molecule has 0 radical (unpaired) electrons. The number of aromatic hydroxyl groups is 1. The number of halogens is 4. The number of rotatable bonds is 4. The zero-order valence-electron chi connectivity index (χ0n) is 12.9. The molecule has 1 amide bonds. The van der Waals surface area contributed by atoms with Gasteiger partial charge in [0.1, 0.15) is 17.4 Å². The summed E-state index contributed by atoms with van der Waals surface area (Å²) >= 11 is 5.51. The third-order valence-electron chi connectivity index (χ3n) is 3.15. The smallest absolute Gasteiger partial charge is 0.417 e. The average Bonchev–Trinajstić information content (AvgIpc) is 2.58. The van der Waals surface area contributed by atoms with Crippen molar-refractivity contribution in [1.29, 1.82) is 5.26 Å². The number of nitriles is 1. The Morgan fingerprint density at radius 3 is 2.35 bits per heavy atom. The minimum atomic E-state index is -4.67. The van der Waals surface area contributed by atoms with Gasteiger partial charge in [-0.2, -0.15) is 18.4 Å². The predicted molar refractivity (Wildman–Crippen MR) is 90.5 cm³/mol. The molecule has 0 heterocycles. The van der Waals surface area contributed by atoms with E-state index in [9.17, 15) is 23.1 Å². The molecule has 0 aliphatic heterocycles. The topological polar surface area (TPSA) is 85.2 Å². The van der Waals surface area contributed by atoms with E-state index in [1.807, 2.05) is 0 Å². The maximum Gasteiger partial charge on any atom is 0.417 e. The van der Waals surface area contributed by atoms with Gasteiger partial charge in [0.2, 0.25) is 0 Å². The lowest BCUT2D eigenvalue weighted by Gasteiger charge is -2.11. The Morgan fingerprint density at radius 1 is 1.15 bits per heavy atom. The fourth-order valence-electron chi connectivity index (χ4n) is 1.88. The minimum Gasteiger partial charge on any atom is -0.508 e. The first-order valence-corrected chi connectivity index (χ1v) is 7.42. The lowest BCUT2D eigenvalue weighted by atomic mass is 10.2. The molecule has 0 spiro atoms. The molecule has 2 aromatic rings. The van der Waals surface area contributed by atoms with Crippen LogP contribution in [-0.2, 0) is 11.0 Å². The fourth-order valence-corrected chi connectivity index (χ4v) is 2.11. The van der Waals surface area contributed by atoms with Crippen LogP contribution in [0, 0.1) is 11.3 Å². The number of nitrogens with zero attached hydrogens (tertiary/aromatic N) is 1. The lowest BCUT2D eigenvalue weighted by Crippen LogP contribution is -2.15. The Balaban J connectivity index is 2.15. The molecule has 0 atom stereocenters. The van der Waals surface area contributed by atoms with E-state index < -0.39 is 22.7 Å². The van der Waals surface area contributed by atoms with Crippen LogP contribution < -0.4 is 10.6 Å². The van der Waals surface area contributed by atoms with Gasteiger partial charge in [-0.3, -0.25) is 4.79 Å². The fraction of sp³-hybridized carbons (Fsp3) is 0.0588. The van der Waals surface area contributed by atoms with Gasteiger partial charge in [-0.1, -0.05) is 11.6 Å². The molecule has 3 N–H and O–H groups in total. The predicted octanol–water partition coefficient (Wildman–Crippen LogP) is 4.52. The van der Waals surface area contributed by atoms with Gasteiger partial charge in [-0.15, -0.1) is 0 Å². The highest BCUT2D eigenvalue weighted by atomic mass is 35.5. The van der Waals surface area contributed by atoms with Crippen molar-refractivity contribution < 1.29 is 23.1 Å². The summed E-state index contributed by atoms with van der Waals surface area (Å²) in [5, 5.41) is 22.6. The highest BCUT2D eigenvalue weighted by Crippen LogP contribution is 2.36. The van der Waals surface area contributed by atoms with Crippen LogP contribution in [0.4, 0.5) is 24.5 Å². The van der Waals surface area contributed by atoms with Gasteiger partial charge in [0.15, 0.2) is 0 Å². The molecule has 0 fully saturated rings. The second-order valence-corrected chi connectivity index (χ2v) is 5.41. The van der Waals surface area contributed by atoms with Crippen LogP contribution in [-0.4, -0.2) is 11.0 Å². The maximum absolute atomic E-state index is 12.8. The zero-order valence-corrected chi connectivity index (χ0v) is 13.7. The normalized spacial score (nSPS) is 11.6. The monoisotopic (exact) mass is 381 g/mol. The van der Waals surface area contributed by atoms with Crippen LogP contribution in [0.15, 0.2) is 54.2 Å². The molecule has 0 saturated carbocycles. The van der Waals surface area contributed by atoms with Crippen LogP contribution >= 0.6 is 11.6 Å². The van der Waals surface area contributed by atoms with Gasteiger partial charge in [0.25, 0.3) is 5.91 Å². The Kier molecular flexibility index (Phi) is 5.75. The lowest BCUT2D eigenvalue weighted by molar-refractivity contribution is -0.137. The van der Waals surface area contributed by atoms with Crippen molar-refractivity contribution in [2.75, 3.05) is 10.6 Å². The van der Waals surface area contributed by atoms with Gasteiger partial charge in [-0.25, -0.2) is 0 Å². The van der Waals surface area contributed by atoms with Crippen molar-refractivity contribution in [3.63, 3.8) is 0 Å². The number of phenols is 1. The molecule has 0 saturated heterocycles.